The van der Waals surface area contributed by atoms with E-state index in [1.165, 1.54) is 0 Å². The average molecular weight is 464 g/mol. The third-order valence-electron chi connectivity index (χ3n) is 3.18. The summed E-state index contributed by atoms with van der Waals surface area (Å²) in [4.78, 5) is 4.39. The largest absolute Gasteiger partial charge is 0.484 e. The van der Waals surface area contributed by atoms with E-state index in [4.69, 9.17) is 4.74 Å². The molecule has 0 radical (unpaired) electrons. The van der Waals surface area contributed by atoms with Crippen molar-refractivity contribution in [3.63, 3.8) is 0 Å². The second-order valence-corrected chi connectivity index (χ2v) is 7.25. The van der Waals surface area contributed by atoms with Gasteiger partial charge in [0.1, 0.15) is 11.9 Å². The van der Waals surface area contributed by atoms with Crippen molar-refractivity contribution in [3.05, 3.63) is 55.1 Å². The molecule has 0 saturated heterocycles. The van der Waals surface area contributed by atoms with Gasteiger partial charge in [-0.25, -0.2) is 0 Å². The summed E-state index contributed by atoms with van der Waals surface area (Å²) in [5, 5.41) is 10.3. The van der Waals surface area contributed by atoms with Gasteiger partial charge >= 0.3 is 0 Å². The Morgan fingerprint density at radius 1 is 1.15 bits per heavy atom. The van der Waals surface area contributed by atoms with Crippen molar-refractivity contribution in [2.24, 2.45) is 0 Å². The van der Waals surface area contributed by atoms with Crippen LogP contribution in [0.2, 0.25) is 0 Å². The molecule has 1 aliphatic heterocycles. The SMILES string of the molecule is OC1CC(c2ncc(Br)cc2Br)Oc2ccc(Br)cc21. The summed E-state index contributed by atoms with van der Waals surface area (Å²) in [6.07, 6.45) is 1.39. The van der Waals surface area contributed by atoms with Crippen LogP contribution in [-0.4, -0.2) is 10.1 Å². The number of pyridine rings is 1. The van der Waals surface area contributed by atoms with Crippen molar-refractivity contribution in [3.8, 4) is 5.75 Å². The minimum absolute atomic E-state index is 0.263. The predicted octanol–water partition coefficient (Wildman–Crippen LogP) is 4.93. The lowest BCUT2D eigenvalue weighted by Gasteiger charge is -2.29. The van der Waals surface area contributed by atoms with E-state index >= 15 is 0 Å². The molecule has 2 heterocycles. The maximum atomic E-state index is 10.3. The number of hydrogen-bond acceptors (Lipinski definition) is 3. The van der Waals surface area contributed by atoms with Gasteiger partial charge in [-0.3, -0.25) is 4.98 Å². The topological polar surface area (TPSA) is 42.4 Å². The number of nitrogens with zero attached hydrogens (tertiary/aromatic N) is 1. The number of aromatic nitrogens is 1. The molecular formula is C14H10Br3NO2. The first-order valence-corrected chi connectivity index (χ1v) is 8.37. The van der Waals surface area contributed by atoms with Crippen LogP contribution in [-0.2, 0) is 0 Å². The second kappa shape index (κ2) is 5.75. The van der Waals surface area contributed by atoms with Crippen molar-refractivity contribution in [2.75, 3.05) is 0 Å². The fourth-order valence-corrected chi connectivity index (χ4v) is 3.87. The maximum absolute atomic E-state index is 10.3. The molecule has 1 aromatic carbocycles. The Bertz CT molecular complexity index is 663. The summed E-state index contributed by atoms with van der Waals surface area (Å²) >= 11 is 10.3. The zero-order valence-corrected chi connectivity index (χ0v) is 14.9. The minimum Gasteiger partial charge on any atom is -0.484 e. The van der Waals surface area contributed by atoms with Crippen LogP contribution < -0.4 is 4.74 Å². The lowest BCUT2D eigenvalue weighted by atomic mass is 9.97. The molecule has 2 aromatic rings. The molecule has 1 aliphatic rings. The highest BCUT2D eigenvalue weighted by molar-refractivity contribution is 9.11. The van der Waals surface area contributed by atoms with E-state index in [-0.39, 0.29) is 6.10 Å². The van der Waals surface area contributed by atoms with Gasteiger partial charge in [-0.05, 0) is 56.1 Å². The normalized spacial score (nSPS) is 21.2. The smallest absolute Gasteiger partial charge is 0.144 e. The average Bonchev–Trinajstić information content (AvgIpc) is 2.39. The van der Waals surface area contributed by atoms with Gasteiger partial charge in [0, 0.05) is 31.6 Å². The molecular weight excluding hydrogens is 454 g/mol. The van der Waals surface area contributed by atoms with Crippen LogP contribution in [0.1, 0.15) is 29.9 Å². The van der Waals surface area contributed by atoms with E-state index in [0.717, 1.165) is 24.7 Å². The fourth-order valence-electron chi connectivity index (χ4n) is 2.25. The number of fused-ring (bicyclic) bond motifs is 1. The molecule has 0 bridgehead atoms. The van der Waals surface area contributed by atoms with Crippen LogP contribution in [0.15, 0.2) is 43.9 Å². The van der Waals surface area contributed by atoms with E-state index in [1.54, 1.807) is 6.20 Å². The maximum Gasteiger partial charge on any atom is 0.144 e. The van der Waals surface area contributed by atoms with Crippen LogP contribution in [0.3, 0.4) is 0 Å². The molecule has 1 aromatic heterocycles. The molecule has 6 heteroatoms. The number of hydrogen-bond donors (Lipinski definition) is 1. The summed E-state index contributed by atoms with van der Waals surface area (Å²) in [6.45, 7) is 0. The Morgan fingerprint density at radius 3 is 2.70 bits per heavy atom. The van der Waals surface area contributed by atoms with Crippen molar-refractivity contribution in [1.29, 1.82) is 0 Å². The van der Waals surface area contributed by atoms with Crippen LogP contribution in [0.5, 0.6) is 5.75 Å². The third-order valence-corrected chi connectivity index (χ3v) is 4.74. The van der Waals surface area contributed by atoms with Gasteiger partial charge in [0.05, 0.1) is 11.8 Å². The summed E-state index contributed by atoms with van der Waals surface area (Å²) in [7, 11) is 0. The summed E-state index contributed by atoms with van der Waals surface area (Å²) in [6, 6.07) is 7.58. The predicted molar refractivity (Wildman–Crippen MR) is 86.7 cm³/mol. The number of rotatable bonds is 1. The third kappa shape index (κ3) is 2.79. The number of aliphatic hydroxyl groups is 1. The molecule has 2 unspecified atom stereocenters. The molecule has 2 atom stereocenters. The molecule has 0 aliphatic carbocycles. The van der Waals surface area contributed by atoms with Crippen molar-refractivity contribution in [1.82, 2.24) is 4.98 Å². The Morgan fingerprint density at radius 2 is 1.95 bits per heavy atom. The monoisotopic (exact) mass is 461 g/mol. The number of ether oxygens (including phenoxy) is 1. The lowest BCUT2D eigenvalue weighted by molar-refractivity contribution is 0.0632. The van der Waals surface area contributed by atoms with E-state index in [2.05, 4.69) is 52.8 Å². The fraction of sp³-hybridized carbons (Fsp3) is 0.214. The molecule has 104 valence electrons. The second-order valence-electron chi connectivity index (χ2n) is 4.56. The standard InChI is InChI=1S/C14H10Br3NO2/c15-7-1-2-12-9(3-7)11(19)5-13(20-12)14-10(17)4-8(16)6-18-14/h1-4,6,11,13,19H,5H2. The summed E-state index contributed by atoms with van der Waals surface area (Å²) in [5.74, 6) is 0.702. The molecule has 0 fully saturated rings. The van der Waals surface area contributed by atoms with E-state index in [0.29, 0.717) is 12.2 Å². The molecule has 20 heavy (non-hydrogen) atoms. The van der Waals surface area contributed by atoms with E-state index in [1.807, 2.05) is 24.3 Å². The van der Waals surface area contributed by atoms with Crippen LogP contribution >= 0.6 is 47.8 Å². The Labute approximate surface area is 141 Å². The van der Waals surface area contributed by atoms with Crippen molar-refractivity contribution >= 4 is 47.8 Å². The van der Waals surface area contributed by atoms with Crippen molar-refractivity contribution in [2.45, 2.75) is 18.6 Å². The Balaban J connectivity index is 1.97. The van der Waals surface area contributed by atoms with Gasteiger partial charge < -0.3 is 9.84 Å². The number of benzene rings is 1. The first-order chi connectivity index (χ1) is 9.54. The van der Waals surface area contributed by atoms with Crippen molar-refractivity contribution < 1.29 is 9.84 Å². The van der Waals surface area contributed by atoms with Gasteiger partial charge in [-0.1, -0.05) is 15.9 Å². The number of halogens is 3. The van der Waals surface area contributed by atoms with Gasteiger partial charge in [-0.2, -0.15) is 0 Å². The minimum atomic E-state index is -0.557. The highest BCUT2D eigenvalue weighted by Crippen LogP contribution is 2.42. The quantitative estimate of drug-likeness (QED) is 0.652. The van der Waals surface area contributed by atoms with Gasteiger partial charge in [0.15, 0.2) is 0 Å². The van der Waals surface area contributed by atoms with Gasteiger partial charge in [-0.15, -0.1) is 0 Å². The van der Waals surface area contributed by atoms with Gasteiger partial charge in [0.25, 0.3) is 0 Å². The van der Waals surface area contributed by atoms with Crippen LogP contribution in [0, 0.1) is 0 Å². The van der Waals surface area contributed by atoms with Crippen LogP contribution in [0.4, 0.5) is 0 Å². The zero-order valence-electron chi connectivity index (χ0n) is 10.2. The Kier molecular flexibility index (Phi) is 4.17. The molecule has 3 nitrogen and oxygen atoms in total. The number of aliphatic hydroxyl groups excluding tert-OH is 1. The first-order valence-electron chi connectivity index (χ1n) is 5.99. The zero-order chi connectivity index (χ0) is 14.3. The van der Waals surface area contributed by atoms with E-state index in [9.17, 15) is 5.11 Å². The molecule has 0 saturated carbocycles. The van der Waals surface area contributed by atoms with Gasteiger partial charge in [0.2, 0.25) is 0 Å². The van der Waals surface area contributed by atoms with Crippen LogP contribution in [0.25, 0.3) is 0 Å². The highest BCUT2D eigenvalue weighted by Gasteiger charge is 2.30. The first kappa shape index (κ1) is 14.5. The summed E-state index contributed by atoms with van der Waals surface area (Å²) in [5.41, 5.74) is 1.60. The Hall–Kier alpha value is -0.430. The molecule has 1 N–H and O–H groups in total. The molecule has 0 spiro atoms. The summed E-state index contributed by atoms with van der Waals surface area (Å²) < 4.78 is 8.67. The lowest BCUT2D eigenvalue weighted by Crippen LogP contribution is -2.20. The molecule has 3 rings (SSSR count). The highest BCUT2D eigenvalue weighted by atomic mass is 79.9. The molecule has 0 amide bonds. The van der Waals surface area contributed by atoms with E-state index < -0.39 is 6.10 Å².